The fourth-order valence-electron chi connectivity index (χ4n) is 9.11. The summed E-state index contributed by atoms with van der Waals surface area (Å²) >= 11 is 1.32. The number of rotatable bonds is 37. The maximum atomic E-state index is 12.9. The van der Waals surface area contributed by atoms with Gasteiger partial charge in [-0.3, -0.25) is 0 Å². The van der Waals surface area contributed by atoms with E-state index in [4.69, 9.17) is 0 Å². The van der Waals surface area contributed by atoms with Gasteiger partial charge >= 0.3 is 0 Å². The van der Waals surface area contributed by atoms with Crippen molar-refractivity contribution >= 4 is 31.4 Å². The molecule has 1 heterocycles. The summed E-state index contributed by atoms with van der Waals surface area (Å²) in [5.74, 6) is 3.45. The first-order valence-electron chi connectivity index (χ1n) is 23.6. The average Bonchev–Trinajstić information content (AvgIpc) is 4.04. The van der Waals surface area contributed by atoms with E-state index in [1.165, 1.54) is 223 Å². The van der Waals surface area contributed by atoms with Crippen LogP contribution in [-0.2, 0) is 9.84 Å². The number of benzene rings is 1. The Balaban J connectivity index is 0.800. The summed E-state index contributed by atoms with van der Waals surface area (Å²) in [6.45, 7) is 2.31. The summed E-state index contributed by atoms with van der Waals surface area (Å²) in [5.41, 5.74) is 0.802. The normalized spacial score (nSPS) is 19.7. The lowest BCUT2D eigenvalue weighted by Crippen LogP contribution is -2.09. The molecule has 1 aromatic heterocycles. The molecule has 0 saturated heterocycles. The molecule has 5 heteroatoms. The average molecular weight is 770 g/mol. The predicted molar refractivity (Wildman–Crippen MR) is 233 cm³/mol. The van der Waals surface area contributed by atoms with Crippen molar-refractivity contribution in [3.05, 3.63) is 24.3 Å². The van der Waals surface area contributed by atoms with Gasteiger partial charge in [0.25, 0.3) is 0 Å². The van der Waals surface area contributed by atoms with Crippen LogP contribution in [0.5, 0.6) is 0 Å². The van der Waals surface area contributed by atoms with E-state index >= 15 is 0 Å². The van der Waals surface area contributed by atoms with Gasteiger partial charge in [-0.1, -0.05) is 231 Å². The topological polar surface area (TPSA) is 47.0 Å². The van der Waals surface area contributed by atoms with Crippen LogP contribution in [0.1, 0.15) is 232 Å². The molecule has 4 atom stereocenters. The molecule has 2 saturated carbocycles. The Morgan fingerprint density at radius 2 is 0.830 bits per heavy atom. The number of unbranched alkanes of at least 4 members (excludes halogenated alkanes) is 28. The van der Waals surface area contributed by atoms with E-state index < -0.39 is 9.84 Å². The fraction of sp³-hybridized carbons (Fsp3) is 0.854. The Morgan fingerprint density at radius 1 is 0.491 bits per heavy atom. The van der Waals surface area contributed by atoms with Gasteiger partial charge in [0.15, 0.2) is 0 Å². The summed E-state index contributed by atoms with van der Waals surface area (Å²) in [4.78, 5) is 4.40. The molecule has 2 aromatic rings. The minimum absolute atomic E-state index is 0.290. The fourth-order valence-corrected chi connectivity index (χ4v) is 12.1. The van der Waals surface area contributed by atoms with Crippen LogP contribution in [-0.4, -0.2) is 19.2 Å². The van der Waals surface area contributed by atoms with Gasteiger partial charge in [0, 0.05) is 0 Å². The number of aromatic nitrogens is 1. The van der Waals surface area contributed by atoms with Gasteiger partial charge in [-0.15, -0.1) is 11.3 Å². The highest BCUT2D eigenvalue weighted by Gasteiger charge is 2.40. The van der Waals surface area contributed by atoms with Crippen molar-refractivity contribution in [2.45, 2.75) is 236 Å². The molecular weight excluding hydrogens is 687 g/mol. The Hall–Kier alpha value is -0.940. The van der Waals surface area contributed by atoms with Gasteiger partial charge in [-0.2, -0.15) is 0 Å². The molecule has 1 aromatic carbocycles. The van der Waals surface area contributed by atoms with E-state index in [0.29, 0.717) is 16.2 Å². The Bertz CT molecular complexity index is 1250. The molecule has 304 valence electrons. The summed E-state index contributed by atoms with van der Waals surface area (Å²) in [5, 5.41) is 0. The van der Waals surface area contributed by atoms with Gasteiger partial charge in [0.05, 0.1) is 16.0 Å². The molecule has 0 unspecified atom stereocenters. The first-order chi connectivity index (χ1) is 26.1. The minimum Gasteiger partial charge on any atom is -0.225 e. The van der Waals surface area contributed by atoms with Crippen molar-refractivity contribution in [2.24, 2.45) is 23.7 Å². The van der Waals surface area contributed by atoms with Crippen molar-refractivity contribution in [1.29, 1.82) is 0 Å². The van der Waals surface area contributed by atoms with E-state index in [9.17, 15) is 8.42 Å². The monoisotopic (exact) mass is 770 g/mol. The van der Waals surface area contributed by atoms with Crippen molar-refractivity contribution < 1.29 is 8.42 Å². The van der Waals surface area contributed by atoms with Gasteiger partial charge in [-0.05, 0) is 48.6 Å². The molecule has 53 heavy (non-hydrogen) atoms. The first kappa shape index (κ1) is 44.8. The molecule has 0 aliphatic heterocycles. The Kier molecular flexibility index (Phi) is 23.3. The van der Waals surface area contributed by atoms with Crippen molar-refractivity contribution in [2.75, 3.05) is 5.75 Å². The van der Waals surface area contributed by atoms with Crippen LogP contribution >= 0.6 is 11.3 Å². The van der Waals surface area contributed by atoms with Crippen LogP contribution in [0.25, 0.3) is 10.2 Å². The quantitative estimate of drug-likeness (QED) is 0.0643. The van der Waals surface area contributed by atoms with Gasteiger partial charge < -0.3 is 0 Å². The van der Waals surface area contributed by atoms with Crippen LogP contribution in [0, 0.1) is 23.7 Å². The highest BCUT2D eigenvalue weighted by Crippen LogP contribution is 2.46. The summed E-state index contributed by atoms with van der Waals surface area (Å²) in [6, 6.07) is 7.72. The molecule has 0 amide bonds. The van der Waals surface area contributed by atoms with E-state index in [-0.39, 0.29) is 5.75 Å². The summed E-state index contributed by atoms with van der Waals surface area (Å²) < 4.78 is 27.0. The van der Waals surface area contributed by atoms with E-state index in [0.717, 1.165) is 28.5 Å². The first-order valence-corrected chi connectivity index (χ1v) is 26.1. The SMILES string of the molecule is CCCCCCCCCCCCCCCCCCCC[C@@H]1C[C@@H]1CCCCCCCCCCCCCC[C@@H]1C[C@@H]1CS(=O)(=O)c1nc2ccccc2s1. The Morgan fingerprint density at radius 3 is 1.23 bits per heavy atom. The number of thiazole rings is 1. The molecule has 3 nitrogen and oxygen atoms in total. The predicted octanol–water partition coefficient (Wildman–Crippen LogP) is 16.2. The second kappa shape index (κ2) is 27.6. The molecule has 0 radical (unpaired) electrons. The third-order valence-electron chi connectivity index (χ3n) is 12.9. The maximum Gasteiger partial charge on any atom is 0.210 e. The number of nitrogens with zero attached hydrogens (tertiary/aromatic N) is 1. The van der Waals surface area contributed by atoms with Crippen LogP contribution in [0.3, 0.4) is 0 Å². The molecule has 0 bridgehead atoms. The van der Waals surface area contributed by atoms with Crippen molar-refractivity contribution in [3.63, 3.8) is 0 Å². The number of hydrogen-bond acceptors (Lipinski definition) is 4. The van der Waals surface area contributed by atoms with Crippen LogP contribution < -0.4 is 0 Å². The zero-order valence-corrected chi connectivity index (χ0v) is 36.3. The lowest BCUT2D eigenvalue weighted by atomic mass is 10.0. The van der Waals surface area contributed by atoms with Crippen LogP contribution in [0.2, 0.25) is 0 Å². The number of hydrogen-bond donors (Lipinski definition) is 0. The van der Waals surface area contributed by atoms with Gasteiger partial charge in [0.1, 0.15) is 0 Å². The van der Waals surface area contributed by atoms with Crippen LogP contribution in [0.15, 0.2) is 28.6 Å². The molecular formula is C48H83NO2S2. The zero-order chi connectivity index (χ0) is 37.2. The van der Waals surface area contributed by atoms with Gasteiger partial charge in [-0.25, -0.2) is 13.4 Å². The van der Waals surface area contributed by atoms with E-state index in [1.807, 2.05) is 24.3 Å². The standard InChI is InChI=1S/C48H83NO2S2/c1-2-3-4-5-6-7-8-9-10-11-12-13-14-17-20-23-26-29-34-42-39-43(42)35-30-27-24-21-18-15-16-19-22-25-28-31-36-44-40-45(44)41-53(50,51)48-49-46-37-32-33-38-47(46)52-48/h32-33,37-38,42-45H,2-31,34-36,39-41H2,1H3/t42-,43+,44-,45-/m1/s1. The third kappa shape index (κ3) is 20.2. The molecule has 2 aliphatic carbocycles. The second-order valence-corrected chi connectivity index (χ2v) is 21.1. The lowest BCUT2D eigenvalue weighted by Gasteiger charge is -2.05. The second-order valence-electron chi connectivity index (χ2n) is 17.9. The highest BCUT2D eigenvalue weighted by molar-refractivity contribution is 7.93. The molecule has 4 rings (SSSR count). The van der Waals surface area contributed by atoms with Gasteiger partial charge in [0.2, 0.25) is 14.2 Å². The van der Waals surface area contributed by atoms with Crippen molar-refractivity contribution in [3.8, 4) is 0 Å². The molecule has 2 aliphatic rings. The van der Waals surface area contributed by atoms with Crippen LogP contribution in [0.4, 0.5) is 0 Å². The smallest absolute Gasteiger partial charge is 0.210 e. The minimum atomic E-state index is -3.26. The summed E-state index contributed by atoms with van der Waals surface area (Å²) in [6.07, 6.45) is 50.3. The zero-order valence-electron chi connectivity index (χ0n) is 34.7. The molecule has 0 N–H and O–H groups in total. The maximum absolute atomic E-state index is 12.9. The van der Waals surface area contributed by atoms with E-state index in [1.54, 1.807) is 6.42 Å². The lowest BCUT2D eigenvalue weighted by molar-refractivity contribution is 0.501. The largest absolute Gasteiger partial charge is 0.225 e. The number of fused-ring (bicyclic) bond motifs is 1. The highest BCUT2D eigenvalue weighted by atomic mass is 32.2. The number of sulfone groups is 1. The van der Waals surface area contributed by atoms with E-state index in [2.05, 4.69) is 11.9 Å². The number of para-hydroxylation sites is 1. The molecule has 0 spiro atoms. The summed E-state index contributed by atoms with van der Waals surface area (Å²) in [7, 11) is -3.26. The Labute approximate surface area is 333 Å². The molecule has 2 fully saturated rings. The van der Waals surface area contributed by atoms with Crippen molar-refractivity contribution in [1.82, 2.24) is 4.98 Å². The third-order valence-corrected chi connectivity index (χ3v) is 16.3.